The molecule has 40 heavy (non-hydrogen) atoms. The van der Waals surface area contributed by atoms with Gasteiger partial charge < -0.3 is 24.5 Å². The predicted molar refractivity (Wildman–Crippen MR) is 167 cm³/mol. The molecule has 0 bridgehead atoms. The number of hydrazine groups is 1. The lowest BCUT2D eigenvalue weighted by molar-refractivity contribution is 0.206. The zero-order valence-electron chi connectivity index (χ0n) is 21.2. The van der Waals surface area contributed by atoms with Crippen LogP contribution < -0.4 is 43.0 Å². The Labute approximate surface area is 255 Å². The van der Waals surface area contributed by atoms with Gasteiger partial charge in [0.25, 0.3) is 11.1 Å². The molecule has 1 aromatic carbocycles. The highest BCUT2D eigenvalue weighted by Gasteiger charge is 2.11. The molecule has 0 atom stereocenters. The Morgan fingerprint density at radius 1 is 0.875 bits per heavy atom. The zero-order valence-corrected chi connectivity index (χ0v) is 26.0. The maximum absolute atomic E-state index is 11.9. The fourth-order valence-electron chi connectivity index (χ4n) is 2.73. The Morgan fingerprint density at radius 3 is 1.77 bits per heavy atom. The molecule has 17 heteroatoms. The number of nitrogens with zero attached hydrogens (tertiary/aromatic N) is 3. The van der Waals surface area contributed by atoms with Gasteiger partial charge in [0.05, 0.1) is 0 Å². The minimum absolute atomic E-state index is 0.00694. The summed E-state index contributed by atoms with van der Waals surface area (Å²) >= 11 is 16.4. The zero-order chi connectivity index (χ0) is 30.0. The smallest absolute Gasteiger partial charge is 0.410 e. The van der Waals surface area contributed by atoms with Crippen LogP contribution in [0.15, 0.2) is 73.4 Å². The van der Waals surface area contributed by atoms with Crippen molar-refractivity contribution in [3.63, 3.8) is 0 Å². The van der Waals surface area contributed by atoms with Gasteiger partial charge >= 0.3 is 12.1 Å². The van der Waals surface area contributed by atoms with Crippen LogP contribution in [0.5, 0.6) is 5.75 Å². The number of anilines is 2. The molecule has 0 aliphatic carbocycles. The summed E-state index contributed by atoms with van der Waals surface area (Å²) in [4.78, 5) is 46.6. The van der Waals surface area contributed by atoms with E-state index in [4.69, 9.17) is 35.0 Å². The maximum atomic E-state index is 11.9. The van der Waals surface area contributed by atoms with Crippen molar-refractivity contribution in [1.82, 2.24) is 24.8 Å². The summed E-state index contributed by atoms with van der Waals surface area (Å²) in [5, 5.41) is 10.7. The average molecular weight is 716 g/mol. The normalized spacial score (nSPS) is 9.85. The SMILES string of the molecule is CN(N)C(=O)NC(=S)Nc1cc(Br)cn(C)c1=O.Cn1cc(Br)cc(NC(=S)NC(=O)Oc2ccccc2)c1=O. The molecule has 0 spiro atoms. The molecule has 0 aliphatic heterocycles. The number of carbonyl (C=O) groups excluding carboxylic acids is 2. The van der Waals surface area contributed by atoms with E-state index in [0.717, 1.165) is 5.01 Å². The van der Waals surface area contributed by atoms with Crippen molar-refractivity contribution in [3.8, 4) is 5.75 Å². The molecule has 0 radical (unpaired) electrons. The number of urea groups is 1. The topological polar surface area (TPSA) is 165 Å². The number of thiocarbonyl (C=S) groups is 2. The van der Waals surface area contributed by atoms with E-state index < -0.39 is 12.1 Å². The lowest BCUT2D eigenvalue weighted by Crippen LogP contribution is -2.46. The second kappa shape index (κ2) is 15.2. The molecule has 6 N–H and O–H groups in total. The lowest BCUT2D eigenvalue weighted by atomic mass is 10.3. The number of benzene rings is 1. The molecule has 212 valence electrons. The van der Waals surface area contributed by atoms with Gasteiger partial charge in [-0.25, -0.2) is 15.4 Å². The second-order valence-electron chi connectivity index (χ2n) is 7.75. The van der Waals surface area contributed by atoms with Gasteiger partial charge in [0.2, 0.25) is 0 Å². The summed E-state index contributed by atoms with van der Waals surface area (Å²) in [5.74, 6) is 5.61. The summed E-state index contributed by atoms with van der Waals surface area (Å²) in [7, 11) is 4.59. The number of para-hydroxylation sites is 1. The number of pyridine rings is 2. The maximum Gasteiger partial charge on any atom is 0.418 e. The number of amides is 3. The van der Waals surface area contributed by atoms with Crippen LogP contribution >= 0.6 is 56.3 Å². The van der Waals surface area contributed by atoms with Gasteiger partial charge in [0.15, 0.2) is 10.2 Å². The Balaban J connectivity index is 0.000000286. The number of ether oxygens (including phenoxy) is 1. The van der Waals surface area contributed by atoms with Crippen LogP contribution in [0.4, 0.5) is 21.0 Å². The van der Waals surface area contributed by atoms with Crippen LogP contribution in [-0.4, -0.2) is 43.5 Å². The summed E-state index contributed by atoms with van der Waals surface area (Å²) in [6.45, 7) is 0. The highest BCUT2D eigenvalue weighted by Crippen LogP contribution is 2.12. The number of hydrogen-bond donors (Lipinski definition) is 5. The van der Waals surface area contributed by atoms with Crippen molar-refractivity contribution < 1.29 is 14.3 Å². The number of carbonyl (C=O) groups is 2. The molecule has 0 unspecified atom stereocenters. The Bertz CT molecular complexity index is 1530. The molecular weight excluding hydrogens is 692 g/mol. The Hall–Kier alpha value is -3.64. The molecule has 2 heterocycles. The van der Waals surface area contributed by atoms with Gasteiger partial charge in [0, 0.05) is 42.5 Å². The number of nitrogens with two attached hydrogens (primary N) is 1. The number of nitrogens with one attached hydrogen (secondary N) is 4. The molecule has 3 aromatic rings. The van der Waals surface area contributed by atoms with Gasteiger partial charge in [-0.05, 0) is 80.6 Å². The number of aryl methyl sites for hydroxylation is 2. The van der Waals surface area contributed by atoms with Crippen LogP contribution in [0.2, 0.25) is 0 Å². The summed E-state index contributed by atoms with van der Waals surface area (Å²) in [5.41, 5.74) is -0.0570. The molecule has 2 aromatic heterocycles. The van der Waals surface area contributed by atoms with Crippen molar-refractivity contribution in [2.75, 3.05) is 17.7 Å². The molecule has 0 fully saturated rings. The van der Waals surface area contributed by atoms with Gasteiger partial charge in [-0.1, -0.05) is 18.2 Å². The minimum atomic E-state index is -0.740. The van der Waals surface area contributed by atoms with E-state index >= 15 is 0 Å². The minimum Gasteiger partial charge on any atom is -0.410 e. The number of aromatic nitrogens is 2. The van der Waals surface area contributed by atoms with E-state index in [2.05, 4.69) is 53.1 Å². The highest BCUT2D eigenvalue weighted by molar-refractivity contribution is 9.10. The highest BCUT2D eigenvalue weighted by atomic mass is 79.9. The average Bonchev–Trinajstić information content (AvgIpc) is 2.86. The lowest BCUT2D eigenvalue weighted by Gasteiger charge is -2.13. The quantitative estimate of drug-likeness (QED) is 0.118. The van der Waals surface area contributed by atoms with Gasteiger partial charge in [-0.15, -0.1) is 0 Å². The third kappa shape index (κ3) is 10.5. The number of halogens is 2. The molecule has 0 saturated heterocycles. The van der Waals surface area contributed by atoms with E-state index in [0.29, 0.717) is 14.7 Å². The Kier molecular flexibility index (Phi) is 12.4. The van der Waals surface area contributed by atoms with E-state index in [-0.39, 0.29) is 32.7 Å². The molecule has 3 rings (SSSR count). The van der Waals surface area contributed by atoms with Gasteiger partial charge in [-0.3, -0.25) is 25.2 Å². The van der Waals surface area contributed by atoms with Crippen molar-refractivity contribution in [2.24, 2.45) is 19.9 Å². The summed E-state index contributed by atoms with van der Waals surface area (Å²) < 4.78 is 9.20. The largest absolute Gasteiger partial charge is 0.418 e. The van der Waals surface area contributed by atoms with Crippen molar-refractivity contribution in [2.45, 2.75) is 0 Å². The van der Waals surface area contributed by atoms with E-state index in [9.17, 15) is 19.2 Å². The predicted octanol–water partition coefficient (Wildman–Crippen LogP) is 2.99. The summed E-state index contributed by atoms with van der Waals surface area (Å²) in [6.07, 6.45) is 2.49. The molecule has 3 amide bonds. The van der Waals surface area contributed by atoms with Crippen LogP contribution in [0, 0.1) is 0 Å². The third-order valence-corrected chi connectivity index (χ3v) is 5.78. The van der Waals surface area contributed by atoms with E-state index in [1.807, 2.05) is 0 Å². The monoisotopic (exact) mass is 714 g/mol. The number of hydrogen-bond acceptors (Lipinski definition) is 8. The first-order valence-electron chi connectivity index (χ1n) is 10.9. The second-order valence-corrected chi connectivity index (χ2v) is 10.4. The van der Waals surface area contributed by atoms with Crippen LogP contribution in [0.1, 0.15) is 0 Å². The van der Waals surface area contributed by atoms with Crippen molar-refractivity contribution >= 4 is 90.0 Å². The third-order valence-electron chi connectivity index (χ3n) is 4.51. The first-order chi connectivity index (χ1) is 18.8. The van der Waals surface area contributed by atoms with Crippen LogP contribution in [0.3, 0.4) is 0 Å². The Morgan fingerprint density at radius 2 is 1.32 bits per heavy atom. The fourth-order valence-corrected chi connectivity index (χ4v) is 4.19. The number of rotatable bonds is 3. The van der Waals surface area contributed by atoms with E-state index in [1.165, 1.54) is 16.2 Å². The van der Waals surface area contributed by atoms with Crippen LogP contribution in [-0.2, 0) is 14.1 Å². The van der Waals surface area contributed by atoms with Gasteiger partial charge in [0.1, 0.15) is 17.1 Å². The summed E-state index contributed by atoms with van der Waals surface area (Å²) in [6, 6.07) is 11.1. The molecule has 0 saturated carbocycles. The van der Waals surface area contributed by atoms with Crippen molar-refractivity contribution in [3.05, 3.63) is 84.5 Å². The van der Waals surface area contributed by atoms with E-state index in [1.54, 1.807) is 69.0 Å². The first kappa shape index (κ1) is 32.6. The molecule has 0 aliphatic rings. The first-order valence-corrected chi connectivity index (χ1v) is 13.3. The fraction of sp³-hybridized carbons (Fsp3) is 0.130. The van der Waals surface area contributed by atoms with Gasteiger partial charge in [-0.2, -0.15) is 0 Å². The van der Waals surface area contributed by atoms with Crippen molar-refractivity contribution in [1.29, 1.82) is 0 Å². The van der Waals surface area contributed by atoms with Crippen LogP contribution in [0.25, 0.3) is 0 Å². The standard InChI is InChI=1S/C14H12BrN3O3S.C9H12BrN5O2S/c1-18-8-9(15)7-11(12(18)19)16-13(22)17-14(20)21-10-5-3-2-4-6-10;1-14-4-5(10)3-6(7(14)16)12-8(18)13-9(17)15(2)11/h2-8H,1H3,(H2,16,17,20,22);3-4H,11H2,1-2H3,(H2,12,13,17,18). The molecule has 13 nitrogen and oxygen atoms in total. The molecular formula is C23H24Br2N8O5S2.